The summed E-state index contributed by atoms with van der Waals surface area (Å²) in [6.07, 6.45) is 1.32. The number of carboxylic acids is 1. The molecule has 1 rings (SSSR count). The Bertz CT molecular complexity index is 486. The Hall–Kier alpha value is -1.55. The van der Waals surface area contributed by atoms with Crippen LogP contribution in [0.5, 0.6) is 0 Å². The van der Waals surface area contributed by atoms with Gasteiger partial charge in [0.1, 0.15) is 0 Å². The number of carboxylic acid groups (broad SMARTS) is 1. The van der Waals surface area contributed by atoms with Crippen LogP contribution in [0, 0.1) is 13.8 Å². The predicted molar refractivity (Wildman–Crippen MR) is 74.7 cm³/mol. The first-order valence-electron chi connectivity index (χ1n) is 6.18. The second-order valence-corrected chi connectivity index (χ2v) is 4.93. The van der Waals surface area contributed by atoms with Crippen molar-refractivity contribution < 1.29 is 14.7 Å². The van der Waals surface area contributed by atoms with E-state index < -0.39 is 5.97 Å². The lowest BCUT2D eigenvalue weighted by Gasteiger charge is -2.09. The number of aliphatic carboxylic acids is 1. The highest BCUT2D eigenvalue weighted by Gasteiger charge is 2.11. The minimum absolute atomic E-state index is 0.125. The van der Waals surface area contributed by atoms with Gasteiger partial charge in [-0.1, -0.05) is 11.6 Å². The standard InChI is InChI=1S/C14H18ClNO3/c1-9-7-11(12(15)8-10(9)2)14(19)16-6-4-3-5-13(17)18/h7-8H,3-6H2,1-2H3,(H,16,19)(H,17,18). The summed E-state index contributed by atoms with van der Waals surface area (Å²) in [7, 11) is 0. The minimum atomic E-state index is -0.816. The maximum absolute atomic E-state index is 11.9. The van der Waals surface area contributed by atoms with Crippen LogP contribution in [0.3, 0.4) is 0 Å². The molecule has 0 bridgehead atoms. The van der Waals surface area contributed by atoms with Gasteiger partial charge in [0, 0.05) is 13.0 Å². The van der Waals surface area contributed by atoms with Crippen molar-refractivity contribution in [2.24, 2.45) is 0 Å². The molecule has 0 aliphatic rings. The van der Waals surface area contributed by atoms with Crippen molar-refractivity contribution in [3.05, 3.63) is 33.8 Å². The number of carbonyl (C=O) groups excluding carboxylic acids is 1. The molecule has 1 amide bonds. The minimum Gasteiger partial charge on any atom is -0.481 e. The van der Waals surface area contributed by atoms with Crippen LogP contribution in [0.25, 0.3) is 0 Å². The Morgan fingerprint density at radius 1 is 1.21 bits per heavy atom. The Morgan fingerprint density at radius 3 is 2.47 bits per heavy atom. The molecule has 0 aliphatic carbocycles. The summed E-state index contributed by atoms with van der Waals surface area (Å²) in [5.41, 5.74) is 2.52. The monoisotopic (exact) mass is 283 g/mol. The predicted octanol–water partition coefficient (Wildman–Crippen LogP) is 2.94. The number of unbranched alkanes of at least 4 members (excludes halogenated alkanes) is 1. The van der Waals surface area contributed by atoms with E-state index in [1.165, 1.54) is 0 Å². The summed E-state index contributed by atoms with van der Waals surface area (Å²) in [6.45, 7) is 4.32. The van der Waals surface area contributed by atoms with E-state index in [0.717, 1.165) is 11.1 Å². The van der Waals surface area contributed by atoms with E-state index in [2.05, 4.69) is 5.32 Å². The number of hydrogen-bond donors (Lipinski definition) is 2. The van der Waals surface area contributed by atoms with Crippen LogP contribution in [0.4, 0.5) is 0 Å². The van der Waals surface area contributed by atoms with Gasteiger partial charge in [-0.25, -0.2) is 0 Å². The normalized spacial score (nSPS) is 10.3. The smallest absolute Gasteiger partial charge is 0.303 e. The molecule has 0 unspecified atom stereocenters. The van der Waals surface area contributed by atoms with Crippen molar-refractivity contribution in [2.45, 2.75) is 33.1 Å². The second kappa shape index (κ2) is 7.14. The maximum Gasteiger partial charge on any atom is 0.303 e. The Balaban J connectivity index is 2.50. The number of amides is 1. The van der Waals surface area contributed by atoms with Gasteiger partial charge in [0.25, 0.3) is 5.91 Å². The first kappa shape index (κ1) is 15.5. The fourth-order valence-corrected chi connectivity index (χ4v) is 1.96. The molecule has 19 heavy (non-hydrogen) atoms. The molecule has 2 N–H and O–H groups in total. The summed E-state index contributed by atoms with van der Waals surface area (Å²) < 4.78 is 0. The molecule has 0 aromatic heterocycles. The van der Waals surface area contributed by atoms with Crippen molar-refractivity contribution in [3.63, 3.8) is 0 Å². The molecule has 1 aromatic carbocycles. The van der Waals surface area contributed by atoms with E-state index in [4.69, 9.17) is 16.7 Å². The van der Waals surface area contributed by atoms with Gasteiger partial charge in [0.2, 0.25) is 0 Å². The van der Waals surface area contributed by atoms with Gasteiger partial charge >= 0.3 is 5.97 Å². The number of benzene rings is 1. The number of carbonyl (C=O) groups is 2. The zero-order chi connectivity index (χ0) is 14.4. The first-order chi connectivity index (χ1) is 8.91. The van der Waals surface area contributed by atoms with Gasteiger partial charge in [-0.05, 0) is 49.9 Å². The Kier molecular flexibility index (Phi) is 5.83. The van der Waals surface area contributed by atoms with Gasteiger partial charge < -0.3 is 10.4 Å². The summed E-state index contributed by atoms with van der Waals surface area (Å²) in [5, 5.41) is 11.7. The molecule has 104 valence electrons. The van der Waals surface area contributed by atoms with E-state index in [1.54, 1.807) is 12.1 Å². The van der Waals surface area contributed by atoms with E-state index >= 15 is 0 Å². The molecule has 5 heteroatoms. The highest BCUT2D eigenvalue weighted by atomic mass is 35.5. The van der Waals surface area contributed by atoms with Gasteiger partial charge in [0.05, 0.1) is 10.6 Å². The van der Waals surface area contributed by atoms with Gasteiger partial charge in [-0.15, -0.1) is 0 Å². The number of rotatable bonds is 6. The van der Waals surface area contributed by atoms with Crippen LogP contribution in [-0.2, 0) is 4.79 Å². The van der Waals surface area contributed by atoms with Crippen LogP contribution in [0.1, 0.15) is 40.7 Å². The van der Waals surface area contributed by atoms with E-state index in [1.807, 2.05) is 13.8 Å². The average Bonchev–Trinajstić information content (AvgIpc) is 2.32. The molecule has 0 saturated carbocycles. The van der Waals surface area contributed by atoms with Crippen molar-refractivity contribution in [3.8, 4) is 0 Å². The van der Waals surface area contributed by atoms with E-state index in [9.17, 15) is 9.59 Å². The maximum atomic E-state index is 11.9. The number of halogens is 1. The van der Waals surface area contributed by atoms with Crippen LogP contribution in [0.2, 0.25) is 5.02 Å². The molecule has 0 aliphatic heterocycles. The molecule has 0 spiro atoms. The molecule has 0 fully saturated rings. The van der Waals surface area contributed by atoms with Crippen LogP contribution in [0.15, 0.2) is 12.1 Å². The average molecular weight is 284 g/mol. The third-order valence-corrected chi connectivity index (χ3v) is 3.24. The molecule has 0 atom stereocenters. The fourth-order valence-electron chi connectivity index (χ4n) is 1.65. The van der Waals surface area contributed by atoms with Crippen molar-refractivity contribution >= 4 is 23.5 Å². The lowest BCUT2D eigenvalue weighted by atomic mass is 10.1. The number of nitrogens with one attached hydrogen (secondary N) is 1. The quantitative estimate of drug-likeness (QED) is 0.789. The lowest BCUT2D eigenvalue weighted by Crippen LogP contribution is -2.25. The SMILES string of the molecule is Cc1cc(Cl)c(C(=O)NCCCCC(=O)O)cc1C. The summed E-state index contributed by atoms with van der Waals surface area (Å²) in [6, 6.07) is 3.54. The van der Waals surface area contributed by atoms with E-state index in [0.29, 0.717) is 30.0 Å². The summed E-state index contributed by atoms with van der Waals surface area (Å²) >= 11 is 6.04. The molecule has 0 radical (unpaired) electrons. The first-order valence-corrected chi connectivity index (χ1v) is 6.56. The third kappa shape index (κ3) is 4.91. The van der Waals surface area contributed by atoms with Crippen LogP contribution >= 0.6 is 11.6 Å². The molecule has 0 heterocycles. The van der Waals surface area contributed by atoms with Crippen LogP contribution < -0.4 is 5.32 Å². The van der Waals surface area contributed by atoms with E-state index in [-0.39, 0.29) is 12.3 Å². The lowest BCUT2D eigenvalue weighted by molar-refractivity contribution is -0.137. The highest BCUT2D eigenvalue weighted by Crippen LogP contribution is 2.20. The summed E-state index contributed by atoms with van der Waals surface area (Å²) in [4.78, 5) is 22.2. The molecular formula is C14H18ClNO3. The fraction of sp³-hybridized carbons (Fsp3) is 0.429. The zero-order valence-corrected chi connectivity index (χ0v) is 11.9. The summed E-state index contributed by atoms with van der Waals surface area (Å²) in [5.74, 6) is -1.04. The van der Waals surface area contributed by atoms with Crippen molar-refractivity contribution in [1.29, 1.82) is 0 Å². The van der Waals surface area contributed by atoms with Gasteiger partial charge in [-0.2, -0.15) is 0 Å². The third-order valence-electron chi connectivity index (χ3n) is 2.93. The largest absolute Gasteiger partial charge is 0.481 e. The Morgan fingerprint density at radius 2 is 1.84 bits per heavy atom. The molecule has 0 saturated heterocycles. The topological polar surface area (TPSA) is 66.4 Å². The van der Waals surface area contributed by atoms with Crippen molar-refractivity contribution in [2.75, 3.05) is 6.54 Å². The zero-order valence-electron chi connectivity index (χ0n) is 11.1. The second-order valence-electron chi connectivity index (χ2n) is 4.52. The molecule has 4 nitrogen and oxygen atoms in total. The van der Waals surface area contributed by atoms with Crippen LogP contribution in [-0.4, -0.2) is 23.5 Å². The van der Waals surface area contributed by atoms with Gasteiger partial charge in [-0.3, -0.25) is 9.59 Å². The Labute approximate surface area is 117 Å². The number of hydrogen-bond acceptors (Lipinski definition) is 2. The van der Waals surface area contributed by atoms with Gasteiger partial charge in [0.15, 0.2) is 0 Å². The molecular weight excluding hydrogens is 266 g/mol. The molecule has 1 aromatic rings. The number of aryl methyl sites for hydroxylation is 2. The van der Waals surface area contributed by atoms with Crippen molar-refractivity contribution in [1.82, 2.24) is 5.32 Å². The highest BCUT2D eigenvalue weighted by molar-refractivity contribution is 6.33.